The van der Waals surface area contributed by atoms with Crippen molar-refractivity contribution in [3.8, 4) is 5.75 Å². The molecule has 0 radical (unpaired) electrons. The first-order valence-corrected chi connectivity index (χ1v) is 9.72. The second kappa shape index (κ2) is 11.5. The van der Waals surface area contributed by atoms with Gasteiger partial charge in [0.05, 0.1) is 13.2 Å². The van der Waals surface area contributed by atoms with Crippen molar-refractivity contribution in [2.45, 2.75) is 20.0 Å². The lowest BCUT2D eigenvalue weighted by atomic mass is 10.1. The van der Waals surface area contributed by atoms with Crippen molar-refractivity contribution < 1.29 is 14.3 Å². The summed E-state index contributed by atoms with van der Waals surface area (Å²) in [7, 11) is 3.71. The van der Waals surface area contributed by atoms with Crippen LogP contribution in [-0.4, -0.2) is 49.9 Å². The van der Waals surface area contributed by atoms with Gasteiger partial charge in [0.15, 0.2) is 5.96 Å². The van der Waals surface area contributed by atoms with Crippen molar-refractivity contribution in [3.05, 3.63) is 65.2 Å². The van der Waals surface area contributed by atoms with Crippen LogP contribution in [0.1, 0.15) is 28.4 Å². The van der Waals surface area contributed by atoms with Crippen LogP contribution in [0.25, 0.3) is 0 Å². The maximum absolute atomic E-state index is 11.9. The van der Waals surface area contributed by atoms with E-state index < -0.39 is 5.91 Å². The van der Waals surface area contributed by atoms with Gasteiger partial charge in [-0.1, -0.05) is 24.3 Å². The van der Waals surface area contributed by atoms with Crippen LogP contribution in [0.5, 0.6) is 5.75 Å². The van der Waals surface area contributed by atoms with E-state index in [1.165, 1.54) is 0 Å². The number of aliphatic imine (C=N–C) groups is 1. The number of nitrogens with zero attached hydrogens (tertiary/aromatic N) is 2. The standard InChI is InChI=1S/C22H29N5O3/c1-4-30-19-11-7-17(8-12-19)15-27(3)22(24-2)26-13-16-5-9-18(10-6-16)21(29)25-14-20(23)28/h5-12H,4,13-15H2,1-3H3,(H2,23,28)(H,24,26)(H,25,29). The minimum Gasteiger partial charge on any atom is -0.494 e. The minimum absolute atomic E-state index is 0.181. The lowest BCUT2D eigenvalue weighted by Gasteiger charge is -2.22. The molecule has 8 heteroatoms. The molecule has 160 valence electrons. The first-order valence-electron chi connectivity index (χ1n) is 9.72. The van der Waals surface area contributed by atoms with Gasteiger partial charge in [0, 0.05) is 32.7 Å². The van der Waals surface area contributed by atoms with Gasteiger partial charge in [0.25, 0.3) is 5.91 Å². The third kappa shape index (κ3) is 7.12. The molecule has 8 nitrogen and oxygen atoms in total. The molecular formula is C22H29N5O3. The fourth-order valence-corrected chi connectivity index (χ4v) is 2.82. The fraction of sp³-hybridized carbons (Fsp3) is 0.318. The minimum atomic E-state index is -0.579. The van der Waals surface area contributed by atoms with Crippen molar-refractivity contribution in [3.63, 3.8) is 0 Å². The summed E-state index contributed by atoms with van der Waals surface area (Å²) >= 11 is 0. The number of hydrogen-bond donors (Lipinski definition) is 3. The number of nitrogens with two attached hydrogens (primary N) is 1. The zero-order valence-electron chi connectivity index (χ0n) is 17.6. The highest BCUT2D eigenvalue weighted by Crippen LogP contribution is 2.13. The topological polar surface area (TPSA) is 109 Å². The van der Waals surface area contributed by atoms with Crippen LogP contribution in [-0.2, 0) is 17.9 Å². The number of ether oxygens (including phenoxy) is 1. The molecule has 0 saturated heterocycles. The first-order chi connectivity index (χ1) is 14.4. The Balaban J connectivity index is 1.88. The molecule has 0 spiro atoms. The third-order valence-electron chi connectivity index (χ3n) is 4.32. The highest BCUT2D eigenvalue weighted by atomic mass is 16.5. The van der Waals surface area contributed by atoms with E-state index in [0.29, 0.717) is 25.3 Å². The van der Waals surface area contributed by atoms with Gasteiger partial charge in [-0.25, -0.2) is 0 Å². The average molecular weight is 412 g/mol. The second-order valence-electron chi connectivity index (χ2n) is 6.68. The molecule has 0 heterocycles. The van der Waals surface area contributed by atoms with Crippen LogP contribution < -0.4 is 21.1 Å². The smallest absolute Gasteiger partial charge is 0.251 e. The molecule has 2 amide bonds. The van der Waals surface area contributed by atoms with Crippen LogP contribution in [0, 0.1) is 0 Å². The van der Waals surface area contributed by atoms with Crippen molar-refractivity contribution in [1.82, 2.24) is 15.5 Å². The molecule has 0 fully saturated rings. The predicted molar refractivity (Wildman–Crippen MR) is 117 cm³/mol. The van der Waals surface area contributed by atoms with E-state index in [-0.39, 0.29) is 12.5 Å². The van der Waals surface area contributed by atoms with E-state index in [1.807, 2.05) is 55.3 Å². The lowest BCUT2D eigenvalue weighted by molar-refractivity contribution is -0.117. The molecule has 0 aliphatic carbocycles. The van der Waals surface area contributed by atoms with E-state index in [1.54, 1.807) is 19.2 Å². The summed E-state index contributed by atoms with van der Waals surface area (Å²) in [5.74, 6) is 0.703. The Hall–Kier alpha value is -3.55. The lowest BCUT2D eigenvalue weighted by Crippen LogP contribution is -2.38. The Labute approximate surface area is 177 Å². The number of amides is 2. The molecular weight excluding hydrogens is 382 g/mol. The highest BCUT2D eigenvalue weighted by Gasteiger charge is 2.09. The SMILES string of the molecule is CCOc1ccc(CN(C)C(=NC)NCc2ccc(C(=O)NCC(N)=O)cc2)cc1. The quantitative estimate of drug-likeness (QED) is 0.428. The summed E-state index contributed by atoms with van der Waals surface area (Å²) in [6, 6.07) is 15.1. The largest absolute Gasteiger partial charge is 0.494 e. The van der Waals surface area contributed by atoms with Crippen molar-refractivity contribution >= 4 is 17.8 Å². The Morgan fingerprint density at radius 3 is 2.23 bits per heavy atom. The van der Waals surface area contributed by atoms with Gasteiger partial charge in [-0.3, -0.25) is 14.6 Å². The summed E-state index contributed by atoms with van der Waals surface area (Å²) in [4.78, 5) is 29.0. The summed E-state index contributed by atoms with van der Waals surface area (Å²) in [6.45, 7) is 3.69. The number of guanidine groups is 1. The maximum atomic E-state index is 11.9. The molecule has 2 rings (SSSR count). The molecule has 0 atom stereocenters. The zero-order chi connectivity index (χ0) is 21.9. The molecule has 0 aliphatic rings. The molecule has 0 aliphatic heterocycles. The number of nitrogens with one attached hydrogen (secondary N) is 2. The normalized spacial score (nSPS) is 11.0. The number of hydrogen-bond acceptors (Lipinski definition) is 4. The summed E-state index contributed by atoms with van der Waals surface area (Å²) < 4.78 is 5.47. The van der Waals surface area contributed by atoms with E-state index in [9.17, 15) is 9.59 Å². The van der Waals surface area contributed by atoms with Gasteiger partial charge in [-0.05, 0) is 42.3 Å². The van der Waals surface area contributed by atoms with E-state index >= 15 is 0 Å². The number of benzene rings is 2. The number of primary amides is 1. The van der Waals surface area contributed by atoms with E-state index in [2.05, 4.69) is 15.6 Å². The van der Waals surface area contributed by atoms with Gasteiger partial charge >= 0.3 is 0 Å². The second-order valence-corrected chi connectivity index (χ2v) is 6.68. The molecule has 2 aromatic rings. The number of carbonyl (C=O) groups is 2. The molecule has 2 aromatic carbocycles. The third-order valence-corrected chi connectivity index (χ3v) is 4.32. The van der Waals surface area contributed by atoms with Crippen LogP contribution in [0.3, 0.4) is 0 Å². The molecule has 30 heavy (non-hydrogen) atoms. The van der Waals surface area contributed by atoms with Crippen molar-refractivity contribution in [2.24, 2.45) is 10.7 Å². The van der Waals surface area contributed by atoms with E-state index in [0.717, 1.165) is 22.8 Å². The van der Waals surface area contributed by atoms with Crippen LogP contribution in [0.2, 0.25) is 0 Å². The predicted octanol–water partition coefficient (Wildman–Crippen LogP) is 1.51. The molecule has 0 unspecified atom stereocenters. The fourth-order valence-electron chi connectivity index (χ4n) is 2.82. The van der Waals surface area contributed by atoms with Gasteiger partial charge in [-0.2, -0.15) is 0 Å². The Bertz CT molecular complexity index is 863. The van der Waals surface area contributed by atoms with Crippen molar-refractivity contribution in [2.75, 3.05) is 27.2 Å². The van der Waals surface area contributed by atoms with Gasteiger partial charge in [0.1, 0.15) is 5.75 Å². The Morgan fingerprint density at radius 1 is 1.03 bits per heavy atom. The van der Waals surface area contributed by atoms with Gasteiger partial charge in [-0.15, -0.1) is 0 Å². The number of carbonyl (C=O) groups excluding carboxylic acids is 2. The Morgan fingerprint density at radius 2 is 1.67 bits per heavy atom. The zero-order valence-corrected chi connectivity index (χ0v) is 17.6. The van der Waals surface area contributed by atoms with Crippen molar-refractivity contribution in [1.29, 1.82) is 0 Å². The van der Waals surface area contributed by atoms with Crippen LogP contribution >= 0.6 is 0 Å². The Kier molecular flexibility index (Phi) is 8.68. The molecule has 0 bridgehead atoms. The van der Waals surface area contributed by atoms with E-state index in [4.69, 9.17) is 10.5 Å². The highest BCUT2D eigenvalue weighted by molar-refractivity contribution is 5.96. The summed E-state index contributed by atoms with van der Waals surface area (Å²) in [5.41, 5.74) is 7.65. The monoisotopic (exact) mass is 411 g/mol. The first kappa shape index (κ1) is 22.7. The van der Waals surface area contributed by atoms with Crippen LogP contribution in [0.4, 0.5) is 0 Å². The maximum Gasteiger partial charge on any atom is 0.251 e. The summed E-state index contributed by atoms with van der Waals surface area (Å²) in [6.07, 6.45) is 0. The molecule has 0 aromatic heterocycles. The number of rotatable bonds is 9. The summed E-state index contributed by atoms with van der Waals surface area (Å²) in [5, 5.41) is 5.78. The van der Waals surface area contributed by atoms with Crippen LogP contribution in [0.15, 0.2) is 53.5 Å². The average Bonchev–Trinajstić information content (AvgIpc) is 2.74. The van der Waals surface area contributed by atoms with Gasteiger partial charge < -0.3 is 26.0 Å². The molecule has 0 saturated carbocycles. The van der Waals surface area contributed by atoms with Gasteiger partial charge in [0.2, 0.25) is 5.91 Å². The molecule has 4 N–H and O–H groups in total.